The third kappa shape index (κ3) is 1.32. The fourth-order valence-corrected chi connectivity index (χ4v) is 1.49. The normalized spacial score (nSPS) is 13.8. The summed E-state index contributed by atoms with van der Waals surface area (Å²) < 4.78 is 0. The van der Waals surface area contributed by atoms with E-state index in [1.807, 2.05) is 0 Å². The maximum absolute atomic E-state index is 11.0. The second-order valence-electron chi connectivity index (χ2n) is 2.98. The molecule has 0 saturated heterocycles. The summed E-state index contributed by atoms with van der Waals surface area (Å²) in [6.07, 6.45) is 0.315. The lowest BCUT2D eigenvalue weighted by atomic mass is 9.78. The number of benzene rings is 1. The number of anilines is 1. The number of nitrogens with one attached hydrogen (secondary N) is 1. The highest BCUT2D eigenvalue weighted by atomic mass is 16.4. The summed E-state index contributed by atoms with van der Waals surface area (Å²) in [5.74, 6) is -0.108. The number of hydrogen-bond acceptors (Lipinski definition) is 3. The monoisotopic (exact) mass is 177 g/mol. The molecule has 13 heavy (non-hydrogen) atoms. The van der Waals surface area contributed by atoms with Gasteiger partial charge in [-0.15, -0.1) is 0 Å². The molecule has 0 aromatic heterocycles. The van der Waals surface area contributed by atoms with Gasteiger partial charge in [0.05, 0.1) is 6.42 Å². The topological polar surface area (TPSA) is 69.6 Å². The summed E-state index contributed by atoms with van der Waals surface area (Å²) in [4.78, 5) is 11.0. The van der Waals surface area contributed by atoms with Crippen LogP contribution in [-0.2, 0) is 11.2 Å². The van der Waals surface area contributed by atoms with Crippen molar-refractivity contribution in [2.45, 2.75) is 6.42 Å². The average Bonchev–Trinajstić information content (AvgIpc) is 2.43. The Labute approximate surface area is 75.3 Å². The minimum atomic E-state index is -1.53. The Hall–Kier alpha value is -1.33. The summed E-state index contributed by atoms with van der Waals surface area (Å²) in [5, 5.41) is 20.5. The molecular formula is C8H8BNO3. The molecule has 0 atom stereocenters. The van der Waals surface area contributed by atoms with Crippen LogP contribution in [0.3, 0.4) is 0 Å². The number of hydrogen-bond donors (Lipinski definition) is 3. The van der Waals surface area contributed by atoms with Crippen LogP contribution < -0.4 is 10.8 Å². The lowest BCUT2D eigenvalue weighted by Crippen LogP contribution is -2.32. The zero-order valence-electron chi connectivity index (χ0n) is 6.82. The first-order chi connectivity index (χ1) is 6.18. The van der Waals surface area contributed by atoms with E-state index in [4.69, 9.17) is 10.0 Å². The van der Waals surface area contributed by atoms with Crippen molar-refractivity contribution in [2.75, 3.05) is 5.32 Å². The molecule has 4 nitrogen and oxygen atoms in total. The lowest BCUT2D eigenvalue weighted by Gasteiger charge is -2.05. The number of para-hydroxylation sites is 1. The fraction of sp³-hybridized carbons (Fsp3) is 0.125. The fourth-order valence-electron chi connectivity index (χ4n) is 1.49. The molecule has 0 saturated carbocycles. The Morgan fingerprint density at radius 2 is 2.15 bits per heavy atom. The van der Waals surface area contributed by atoms with Crippen molar-refractivity contribution >= 4 is 24.2 Å². The minimum absolute atomic E-state index is 0.108. The predicted molar refractivity (Wildman–Crippen MR) is 48.6 cm³/mol. The standard InChI is InChI=1S/C8H8BNO3/c11-7-4-5-2-1-3-6(9(12)13)8(5)10-7/h1-3,12-13H,4H2,(H,10,11). The smallest absolute Gasteiger partial charge is 0.423 e. The number of fused-ring (bicyclic) bond motifs is 1. The Balaban J connectivity index is 2.51. The molecule has 1 heterocycles. The predicted octanol–water partition coefficient (Wildman–Crippen LogP) is -1.14. The number of rotatable bonds is 1. The molecule has 0 spiro atoms. The van der Waals surface area contributed by atoms with Crippen LogP contribution in [0.1, 0.15) is 5.56 Å². The molecule has 2 rings (SSSR count). The van der Waals surface area contributed by atoms with Crippen LogP contribution in [0.15, 0.2) is 18.2 Å². The number of amides is 1. The van der Waals surface area contributed by atoms with Crippen LogP contribution in [0.5, 0.6) is 0 Å². The SMILES string of the molecule is O=C1Cc2cccc(B(O)O)c2N1. The van der Waals surface area contributed by atoms with Crippen molar-refractivity contribution in [3.8, 4) is 0 Å². The van der Waals surface area contributed by atoms with E-state index in [2.05, 4.69) is 5.32 Å². The van der Waals surface area contributed by atoms with Crippen molar-refractivity contribution in [1.82, 2.24) is 0 Å². The molecule has 0 fully saturated rings. The van der Waals surface area contributed by atoms with Crippen molar-refractivity contribution in [2.24, 2.45) is 0 Å². The summed E-state index contributed by atoms with van der Waals surface area (Å²) in [6, 6.07) is 5.07. The highest BCUT2D eigenvalue weighted by Crippen LogP contribution is 2.20. The van der Waals surface area contributed by atoms with Crippen LogP contribution >= 0.6 is 0 Å². The van der Waals surface area contributed by atoms with Gasteiger partial charge in [-0.2, -0.15) is 0 Å². The zero-order valence-corrected chi connectivity index (χ0v) is 6.82. The Kier molecular flexibility index (Phi) is 1.83. The van der Waals surface area contributed by atoms with Gasteiger partial charge in [-0.05, 0) is 5.56 Å². The van der Waals surface area contributed by atoms with E-state index >= 15 is 0 Å². The van der Waals surface area contributed by atoms with E-state index in [1.54, 1.807) is 18.2 Å². The van der Waals surface area contributed by atoms with E-state index in [0.717, 1.165) is 5.56 Å². The molecule has 1 aliphatic heterocycles. The molecule has 1 amide bonds. The summed E-state index contributed by atoms with van der Waals surface area (Å²) in [6.45, 7) is 0. The first kappa shape index (κ1) is 8.28. The number of carbonyl (C=O) groups is 1. The van der Waals surface area contributed by atoms with Gasteiger partial charge in [0.25, 0.3) is 0 Å². The molecule has 1 aromatic rings. The molecule has 66 valence electrons. The highest BCUT2D eigenvalue weighted by molar-refractivity contribution is 6.61. The van der Waals surface area contributed by atoms with Crippen molar-refractivity contribution in [3.63, 3.8) is 0 Å². The first-order valence-electron chi connectivity index (χ1n) is 3.96. The van der Waals surface area contributed by atoms with E-state index in [0.29, 0.717) is 17.6 Å². The highest BCUT2D eigenvalue weighted by Gasteiger charge is 2.24. The first-order valence-corrected chi connectivity index (χ1v) is 3.96. The minimum Gasteiger partial charge on any atom is -0.423 e. The van der Waals surface area contributed by atoms with Crippen LogP contribution in [0.2, 0.25) is 0 Å². The molecule has 5 heteroatoms. The second kappa shape index (κ2) is 2.87. The van der Waals surface area contributed by atoms with Gasteiger partial charge in [0.2, 0.25) is 5.91 Å². The van der Waals surface area contributed by atoms with Gasteiger partial charge in [-0.3, -0.25) is 4.79 Å². The molecule has 1 aliphatic rings. The van der Waals surface area contributed by atoms with Crippen LogP contribution in [0.4, 0.5) is 5.69 Å². The van der Waals surface area contributed by atoms with Gasteiger partial charge >= 0.3 is 7.12 Å². The molecule has 0 radical (unpaired) electrons. The zero-order chi connectivity index (χ0) is 9.42. The van der Waals surface area contributed by atoms with E-state index < -0.39 is 7.12 Å². The lowest BCUT2D eigenvalue weighted by molar-refractivity contribution is -0.115. The second-order valence-corrected chi connectivity index (χ2v) is 2.98. The number of carbonyl (C=O) groups excluding carboxylic acids is 1. The molecule has 0 unspecified atom stereocenters. The summed E-state index contributed by atoms with van der Waals surface area (Å²) in [7, 11) is -1.53. The van der Waals surface area contributed by atoms with Crippen LogP contribution in [0.25, 0.3) is 0 Å². The van der Waals surface area contributed by atoms with Crippen LogP contribution in [0, 0.1) is 0 Å². The molecule has 1 aromatic carbocycles. The summed E-state index contributed by atoms with van der Waals surface area (Å²) in [5.41, 5.74) is 1.71. The van der Waals surface area contributed by atoms with Gasteiger partial charge in [0.1, 0.15) is 0 Å². The maximum Gasteiger partial charge on any atom is 0.490 e. The average molecular weight is 177 g/mol. The van der Waals surface area contributed by atoms with Crippen molar-refractivity contribution in [1.29, 1.82) is 0 Å². The molecule has 0 aliphatic carbocycles. The van der Waals surface area contributed by atoms with Crippen LogP contribution in [-0.4, -0.2) is 23.1 Å². The van der Waals surface area contributed by atoms with Gasteiger partial charge in [-0.25, -0.2) is 0 Å². The van der Waals surface area contributed by atoms with E-state index in [9.17, 15) is 4.79 Å². The Bertz CT molecular complexity index is 364. The maximum atomic E-state index is 11.0. The van der Waals surface area contributed by atoms with Gasteiger partial charge in [-0.1, -0.05) is 18.2 Å². The van der Waals surface area contributed by atoms with E-state index in [1.165, 1.54) is 0 Å². The van der Waals surface area contributed by atoms with Crippen molar-refractivity contribution < 1.29 is 14.8 Å². The third-order valence-electron chi connectivity index (χ3n) is 2.08. The third-order valence-corrected chi connectivity index (χ3v) is 2.08. The van der Waals surface area contributed by atoms with Gasteiger partial charge in [0.15, 0.2) is 0 Å². The van der Waals surface area contributed by atoms with Gasteiger partial charge in [0, 0.05) is 11.2 Å². The molecule has 0 bridgehead atoms. The summed E-state index contributed by atoms with van der Waals surface area (Å²) >= 11 is 0. The van der Waals surface area contributed by atoms with E-state index in [-0.39, 0.29) is 5.91 Å². The Morgan fingerprint density at radius 1 is 1.38 bits per heavy atom. The van der Waals surface area contributed by atoms with Crippen molar-refractivity contribution in [3.05, 3.63) is 23.8 Å². The molecule has 3 N–H and O–H groups in total. The molecular weight excluding hydrogens is 169 g/mol. The quantitative estimate of drug-likeness (QED) is 0.475. The Morgan fingerprint density at radius 3 is 2.85 bits per heavy atom. The largest absolute Gasteiger partial charge is 0.490 e. The van der Waals surface area contributed by atoms with Gasteiger partial charge < -0.3 is 15.4 Å².